The second-order valence-corrected chi connectivity index (χ2v) is 9.91. The van der Waals surface area contributed by atoms with E-state index in [0.717, 1.165) is 12.0 Å². The van der Waals surface area contributed by atoms with Crippen LogP contribution in [0, 0.1) is 18.6 Å². The van der Waals surface area contributed by atoms with Crippen LogP contribution in [-0.2, 0) is 11.2 Å². The number of fused-ring (bicyclic) bond motifs is 1. The van der Waals surface area contributed by atoms with Gasteiger partial charge in [0.25, 0.3) is 0 Å². The predicted molar refractivity (Wildman–Crippen MR) is 151 cm³/mol. The third-order valence-electron chi connectivity index (χ3n) is 7.25. The van der Waals surface area contributed by atoms with Crippen molar-refractivity contribution in [1.29, 1.82) is 0 Å². The van der Waals surface area contributed by atoms with E-state index in [4.69, 9.17) is 0 Å². The van der Waals surface area contributed by atoms with Crippen molar-refractivity contribution in [2.75, 3.05) is 24.5 Å². The highest BCUT2D eigenvalue weighted by Gasteiger charge is 2.30. The number of carbonyl (C=O) groups excluding carboxylic acids is 1. The fourth-order valence-electron chi connectivity index (χ4n) is 5.36. The summed E-state index contributed by atoms with van der Waals surface area (Å²) < 4.78 is 31.9. The maximum Gasteiger partial charge on any atom is 0.355 e. The molecule has 0 spiro atoms. The van der Waals surface area contributed by atoms with E-state index in [1.54, 1.807) is 24.1 Å². The average Bonchev–Trinajstić information content (AvgIpc) is 2.94. The van der Waals surface area contributed by atoms with E-state index < -0.39 is 17.3 Å². The van der Waals surface area contributed by atoms with Gasteiger partial charge in [-0.3, -0.25) is 9.78 Å². The van der Waals surface area contributed by atoms with Gasteiger partial charge < -0.3 is 9.80 Å². The smallest absolute Gasteiger partial charge is 0.350 e. The van der Waals surface area contributed by atoms with Gasteiger partial charge in [0.15, 0.2) is 5.65 Å². The van der Waals surface area contributed by atoms with Crippen LogP contribution in [0.15, 0.2) is 60.0 Å². The summed E-state index contributed by atoms with van der Waals surface area (Å²) in [5.41, 5.74) is 1.33. The van der Waals surface area contributed by atoms with Crippen LogP contribution in [0.4, 0.5) is 14.6 Å². The molecular formula is C30H30F2N6O2. The van der Waals surface area contributed by atoms with Crippen LogP contribution < -0.4 is 10.6 Å². The number of halogens is 2. The lowest BCUT2D eigenvalue weighted by molar-refractivity contribution is -0.126. The number of hydrogen-bond donors (Lipinski definition) is 0. The topological polar surface area (TPSA) is 84.2 Å². The van der Waals surface area contributed by atoms with Crippen LogP contribution in [0.1, 0.15) is 31.5 Å². The lowest BCUT2D eigenvalue weighted by atomic mass is 10.1. The van der Waals surface area contributed by atoms with Crippen molar-refractivity contribution in [2.45, 2.75) is 39.7 Å². The zero-order valence-corrected chi connectivity index (χ0v) is 22.7. The van der Waals surface area contributed by atoms with Gasteiger partial charge in [-0.1, -0.05) is 32.1 Å². The van der Waals surface area contributed by atoms with E-state index in [2.05, 4.69) is 21.5 Å². The number of piperazine rings is 1. The summed E-state index contributed by atoms with van der Waals surface area (Å²) in [5.74, 6) is -1.29. The summed E-state index contributed by atoms with van der Waals surface area (Å²) in [6.07, 6.45) is 4.45. The zero-order chi connectivity index (χ0) is 28.6. The van der Waals surface area contributed by atoms with E-state index in [-0.39, 0.29) is 34.7 Å². The highest BCUT2D eigenvalue weighted by Crippen LogP contribution is 2.33. The number of pyridine rings is 2. The summed E-state index contributed by atoms with van der Waals surface area (Å²) in [4.78, 5) is 43.1. The number of rotatable bonds is 6. The SMILES string of the molecule is C=CC(=O)N1CCN(c2nc(=O)n(-c3c(CCC)ccnc3C)c3nc(-c4ccccc4F)c(F)cc23)[C@@H](C)C1. The monoisotopic (exact) mass is 544 g/mol. The molecular weight excluding hydrogens is 514 g/mol. The van der Waals surface area contributed by atoms with Crippen LogP contribution in [0.25, 0.3) is 28.0 Å². The fourth-order valence-corrected chi connectivity index (χ4v) is 5.36. The Hall–Kier alpha value is -4.47. The summed E-state index contributed by atoms with van der Waals surface area (Å²) in [5, 5.41) is 0.304. The van der Waals surface area contributed by atoms with Gasteiger partial charge in [0.05, 0.1) is 16.8 Å². The average molecular weight is 545 g/mol. The number of carbonyl (C=O) groups is 1. The Kier molecular flexibility index (Phi) is 7.42. The molecule has 1 atom stereocenters. The number of anilines is 1. The van der Waals surface area contributed by atoms with Gasteiger partial charge in [-0.2, -0.15) is 4.98 Å². The minimum atomic E-state index is -0.740. The van der Waals surface area contributed by atoms with Crippen molar-refractivity contribution >= 4 is 22.8 Å². The molecule has 0 N–H and O–H groups in total. The first-order valence-corrected chi connectivity index (χ1v) is 13.3. The van der Waals surface area contributed by atoms with Gasteiger partial charge in [-0.15, -0.1) is 0 Å². The van der Waals surface area contributed by atoms with E-state index >= 15 is 4.39 Å². The Balaban J connectivity index is 1.80. The molecule has 5 rings (SSSR count). The van der Waals surface area contributed by atoms with Crippen molar-refractivity contribution < 1.29 is 13.6 Å². The minimum Gasteiger partial charge on any atom is -0.350 e. The van der Waals surface area contributed by atoms with Gasteiger partial charge >= 0.3 is 5.69 Å². The summed E-state index contributed by atoms with van der Waals surface area (Å²) >= 11 is 0. The molecule has 1 amide bonds. The van der Waals surface area contributed by atoms with Gasteiger partial charge in [-0.25, -0.2) is 23.1 Å². The molecule has 0 aliphatic carbocycles. The molecule has 4 aromatic rings. The summed E-state index contributed by atoms with van der Waals surface area (Å²) in [6.45, 7) is 10.4. The molecule has 10 heteroatoms. The predicted octanol–water partition coefficient (Wildman–Crippen LogP) is 4.60. The van der Waals surface area contributed by atoms with Crippen molar-refractivity contribution in [2.24, 2.45) is 0 Å². The molecule has 8 nitrogen and oxygen atoms in total. The number of amides is 1. The number of aromatic nitrogens is 4. The third-order valence-corrected chi connectivity index (χ3v) is 7.25. The van der Waals surface area contributed by atoms with Crippen molar-refractivity contribution in [3.05, 3.63) is 88.6 Å². The molecule has 3 aromatic heterocycles. The number of benzene rings is 1. The first-order valence-electron chi connectivity index (χ1n) is 13.3. The molecule has 1 aliphatic heterocycles. The van der Waals surface area contributed by atoms with Crippen LogP contribution in [0.5, 0.6) is 0 Å². The van der Waals surface area contributed by atoms with E-state index in [0.29, 0.717) is 42.8 Å². The molecule has 0 radical (unpaired) electrons. The molecule has 1 aromatic carbocycles. The Morgan fingerprint density at radius 1 is 1.15 bits per heavy atom. The number of nitrogens with zero attached hydrogens (tertiary/aromatic N) is 6. The molecule has 0 bridgehead atoms. The molecule has 4 heterocycles. The second-order valence-electron chi connectivity index (χ2n) is 9.91. The van der Waals surface area contributed by atoms with Crippen molar-refractivity contribution in [1.82, 2.24) is 24.4 Å². The molecule has 1 saturated heterocycles. The minimum absolute atomic E-state index is 0.0131. The molecule has 1 fully saturated rings. The Morgan fingerprint density at radius 3 is 2.62 bits per heavy atom. The third kappa shape index (κ3) is 4.74. The molecule has 1 aliphatic rings. The van der Waals surface area contributed by atoms with Crippen LogP contribution in [-0.4, -0.2) is 56.0 Å². The Bertz CT molecular complexity index is 1690. The highest BCUT2D eigenvalue weighted by atomic mass is 19.1. The molecule has 0 unspecified atom stereocenters. The molecule has 0 saturated carbocycles. The Morgan fingerprint density at radius 2 is 1.93 bits per heavy atom. The van der Waals surface area contributed by atoms with Gasteiger partial charge in [-0.05, 0) is 56.2 Å². The van der Waals surface area contributed by atoms with E-state index in [1.807, 2.05) is 24.8 Å². The highest BCUT2D eigenvalue weighted by molar-refractivity contribution is 5.91. The quantitative estimate of drug-likeness (QED) is 0.330. The molecule has 40 heavy (non-hydrogen) atoms. The van der Waals surface area contributed by atoms with Crippen molar-refractivity contribution in [3.63, 3.8) is 0 Å². The van der Waals surface area contributed by atoms with Crippen LogP contribution >= 0.6 is 0 Å². The summed E-state index contributed by atoms with van der Waals surface area (Å²) in [7, 11) is 0. The van der Waals surface area contributed by atoms with Gasteiger partial charge in [0.2, 0.25) is 5.91 Å². The van der Waals surface area contributed by atoms with Crippen LogP contribution in [0.2, 0.25) is 0 Å². The lowest BCUT2D eigenvalue weighted by Gasteiger charge is -2.40. The van der Waals surface area contributed by atoms with Crippen molar-refractivity contribution in [3.8, 4) is 16.9 Å². The largest absolute Gasteiger partial charge is 0.355 e. The normalized spacial score (nSPS) is 15.5. The Labute approximate surface area is 230 Å². The van der Waals surface area contributed by atoms with Gasteiger partial charge in [0, 0.05) is 37.4 Å². The van der Waals surface area contributed by atoms with E-state index in [1.165, 1.54) is 34.9 Å². The second kappa shape index (κ2) is 11.0. The maximum absolute atomic E-state index is 15.7. The first-order chi connectivity index (χ1) is 19.2. The fraction of sp³-hybridized carbons (Fsp3) is 0.300. The maximum atomic E-state index is 15.7. The number of hydrogen-bond acceptors (Lipinski definition) is 6. The first kappa shape index (κ1) is 27.1. The van der Waals surface area contributed by atoms with Crippen LogP contribution in [0.3, 0.4) is 0 Å². The van der Waals surface area contributed by atoms with E-state index in [9.17, 15) is 14.0 Å². The summed E-state index contributed by atoms with van der Waals surface area (Å²) in [6, 6.07) is 8.69. The lowest BCUT2D eigenvalue weighted by Crippen LogP contribution is -2.54. The standard InChI is InChI=1S/C30H30F2N6O2/c1-5-9-20-12-13-33-19(4)27(20)38-29-22(16-24(32)26(34-29)21-10-7-8-11-23(21)31)28(35-30(38)40)37-15-14-36(17-18(37)3)25(39)6-2/h6-8,10-13,16,18H,2,5,9,14-15,17H2,1,3-4H3/t18-/m0/s1. The van der Waals surface area contributed by atoms with Gasteiger partial charge in [0.1, 0.15) is 23.1 Å². The zero-order valence-electron chi connectivity index (χ0n) is 22.7. The number of aryl methyl sites for hydroxylation is 2. The molecule has 206 valence electrons.